The molecule has 3 aliphatic heterocycles. The highest BCUT2D eigenvalue weighted by molar-refractivity contribution is 8.01. The van der Waals surface area contributed by atoms with Crippen molar-refractivity contribution in [2.75, 3.05) is 6.61 Å². The van der Waals surface area contributed by atoms with E-state index >= 15 is 0 Å². The van der Waals surface area contributed by atoms with Crippen LogP contribution >= 0.6 is 11.8 Å². The predicted octanol–water partition coefficient (Wildman–Crippen LogP) is 1.63. The van der Waals surface area contributed by atoms with Crippen LogP contribution in [0.1, 0.15) is 43.1 Å². The minimum atomic E-state index is -1.01. The Morgan fingerprint density at radius 1 is 1.39 bits per heavy atom. The zero-order valence-corrected chi connectivity index (χ0v) is 16.9. The molecule has 0 spiro atoms. The third-order valence-electron chi connectivity index (χ3n) is 5.70. The van der Waals surface area contributed by atoms with E-state index in [-0.39, 0.29) is 29.7 Å². The highest BCUT2D eigenvalue weighted by atomic mass is 32.2. The largest absolute Gasteiger partial charge is 0.480 e. The summed E-state index contributed by atoms with van der Waals surface area (Å²) >= 11 is 1.42. The average Bonchev–Trinajstić information content (AvgIpc) is 2.88. The van der Waals surface area contributed by atoms with Gasteiger partial charge in [0.15, 0.2) is 0 Å². The molecule has 150 valence electrons. The molecule has 3 heterocycles. The molecular formula is C20H24N2O5S. The van der Waals surface area contributed by atoms with Crippen LogP contribution in [0.2, 0.25) is 0 Å². The number of amides is 2. The molecule has 2 N–H and O–H groups in total. The Hall–Kier alpha value is -2.06. The maximum absolute atomic E-state index is 12.6. The Bertz CT molecular complexity index is 855. The van der Waals surface area contributed by atoms with Gasteiger partial charge >= 0.3 is 5.97 Å². The summed E-state index contributed by atoms with van der Waals surface area (Å²) in [5.41, 5.74) is 3.34. The molecule has 0 radical (unpaired) electrons. The molecule has 0 bridgehead atoms. The van der Waals surface area contributed by atoms with E-state index in [1.165, 1.54) is 22.2 Å². The first-order valence-corrected chi connectivity index (χ1v) is 10.3. The summed E-state index contributed by atoms with van der Waals surface area (Å²) in [5, 5.41) is 11.9. The summed E-state index contributed by atoms with van der Waals surface area (Å²) in [4.78, 5) is 38.1. The molecule has 0 saturated carbocycles. The molecule has 1 aromatic carbocycles. The lowest BCUT2D eigenvalue weighted by atomic mass is 9.93. The lowest BCUT2D eigenvalue weighted by Crippen LogP contribution is -2.70. The SMILES string of the molecule is Cc1ccc2c(c1)C(CC(=O)N[C@@H]1C(=O)N3[C@@H]1SC(C)(C)[C@@H]3C(=O)O)OCC2. The van der Waals surface area contributed by atoms with Crippen LogP contribution in [0.5, 0.6) is 0 Å². The van der Waals surface area contributed by atoms with Gasteiger partial charge in [0.25, 0.3) is 0 Å². The third kappa shape index (κ3) is 3.08. The van der Waals surface area contributed by atoms with Crippen molar-refractivity contribution in [3.05, 3.63) is 34.9 Å². The number of nitrogens with zero attached hydrogens (tertiary/aromatic N) is 1. The van der Waals surface area contributed by atoms with E-state index in [1.807, 2.05) is 20.8 Å². The number of hydrogen-bond acceptors (Lipinski definition) is 5. The summed E-state index contributed by atoms with van der Waals surface area (Å²) in [6, 6.07) is 4.63. The van der Waals surface area contributed by atoms with Crippen molar-refractivity contribution >= 4 is 29.5 Å². The van der Waals surface area contributed by atoms with E-state index in [1.54, 1.807) is 0 Å². The van der Waals surface area contributed by atoms with Gasteiger partial charge in [-0.1, -0.05) is 23.8 Å². The number of carboxylic acid groups (broad SMARTS) is 1. The van der Waals surface area contributed by atoms with Crippen molar-refractivity contribution in [2.45, 2.75) is 61.9 Å². The van der Waals surface area contributed by atoms with Crippen LogP contribution in [0, 0.1) is 6.92 Å². The van der Waals surface area contributed by atoms with Crippen molar-refractivity contribution < 1.29 is 24.2 Å². The van der Waals surface area contributed by atoms with Gasteiger partial charge in [0.1, 0.15) is 17.5 Å². The first-order valence-electron chi connectivity index (χ1n) is 9.42. The van der Waals surface area contributed by atoms with Crippen LogP contribution in [-0.4, -0.2) is 56.6 Å². The average molecular weight is 404 g/mol. The molecule has 0 aliphatic carbocycles. The maximum Gasteiger partial charge on any atom is 0.327 e. The maximum atomic E-state index is 12.6. The Morgan fingerprint density at radius 2 is 2.14 bits per heavy atom. The monoisotopic (exact) mass is 404 g/mol. The number of rotatable bonds is 4. The number of carbonyl (C=O) groups excluding carboxylic acids is 2. The van der Waals surface area contributed by atoms with Gasteiger partial charge in [0, 0.05) is 4.75 Å². The minimum absolute atomic E-state index is 0.142. The number of benzene rings is 1. The van der Waals surface area contributed by atoms with Crippen LogP contribution in [0.25, 0.3) is 0 Å². The van der Waals surface area contributed by atoms with E-state index in [4.69, 9.17) is 4.74 Å². The molecule has 0 aromatic heterocycles. The summed E-state index contributed by atoms with van der Waals surface area (Å²) in [6.45, 7) is 6.20. The first kappa shape index (κ1) is 19.3. The number of aliphatic carboxylic acids is 1. The van der Waals surface area contributed by atoms with Crippen LogP contribution in [0.4, 0.5) is 0 Å². The number of hydrogen-bond donors (Lipinski definition) is 2. The zero-order chi connectivity index (χ0) is 20.2. The third-order valence-corrected chi connectivity index (χ3v) is 7.27. The second kappa shape index (κ2) is 6.77. The molecule has 4 atom stereocenters. The van der Waals surface area contributed by atoms with Gasteiger partial charge in [-0.2, -0.15) is 0 Å². The van der Waals surface area contributed by atoms with Crippen molar-refractivity contribution in [2.24, 2.45) is 0 Å². The van der Waals surface area contributed by atoms with E-state index in [2.05, 4.69) is 23.5 Å². The van der Waals surface area contributed by atoms with Gasteiger partial charge in [-0.15, -0.1) is 11.8 Å². The Balaban J connectivity index is 1.43. The number of fused-ring (bicyclic) bond motifs is 2. The van der Waals surface area contributed by atoms with Crippen molar-refractivity contribution in [1.29, 1.82) is 0 Å². The first-order chi connectivity index (χ1) is 13.2. The van der Waals surface area contributed by atoms with E-state index < -0.39 is 22.8 Å². The van der Waals surface area contributed by atoms with E-state index in [9.17, 15) is 19.5 Å². The Labute approximate surface area is 167 Å². The molecule has 4 rings (SSSR count). The molecule has 3 aliphatic rings. The number of carboxylic acids is 1. The molecular weight excluding hydrogens is 380 g/mol. The summed E-state index contributed by atoms with van der Waals surface area (Å²) in [6.07, 6.45) is 0.645. The van der Waals surface area contributed by atoms with Gasteiger partial charge < -0.3 is 20.1 Å². The molecule has 8 heteroatoms. The van der Waals surface area contributed by atoms with Crippen LogP contribution in [0.3, 0.4) is 0 Å². The van der Waals surface area contributed by atoms with E-state index in [0.29, 0.717) is 6.61 Å². The zero-order valence-electron chi connectivity index (χ0n) is 16.1. The molecule has 2 saturated heterocycles. The van der Waals surface area contributed by atoms with E-state index in [0.717, 1.165) is 17.5 Å². The number of carbonyl (C=O) groups is 3. The fraction of sp³-hybridized carbons (Fsp3) is 0.550. The number of thioether (sulfide) groups is 1. The standard InChI is InChI=1S/C20H24N2O5S/c1-10-4-5-11-6-7-27-13(12(11)8-10)9-14(23)21-15-17(24)22-16(19(25)26)20(2,3)28-18(15)22/h4-5,8,13,15-16,18H,6-7,9H2,1-3H3,(H,21,23)(H,25,26)/t13?,15-,16+,18-/m1/s1. The fourth-order valence-corrected chi connectivity index (χ4v) is 5.98. The molecule has 28 heavy (non-hydrogen) atoms. The Kier molecular flexibility index (Phi) is 4.66. The normalized spacial score (nSPS) is 30.2. The number of aryl methyl sites for hydroxylation is 1. The predicted molar refractivity (Wildman–Crippen MR) is 104 cm³/mol. The van der Waals surface area contributed by atoms with Crippen molar-refractivity contribution in [3.63, 3.8) is 0 Å². The highest BCUT2D eigenvalue weighted by Crippen LogP contribution is 2.50. The molecule has 1 unspecified atom stereocenters. The minimum Gasteiger partial charge on any atom is -0.480 e. The van der Waals surface area contributed by atoms with Crippen molar-refractivity contribution in [3.8, 4) is 0 Å². The molecule has 2 amide bonds. The Morgan fingerprint density at radius 3 is 2.86 bits per heavy atom. The number of ether oxygens (including phenoxy) is 1. The lowest BCUT2D eigenvalue weighted by molar-refractivity contribution is -0.161. The summed E-state index contributed by atoms with van der Waals surface area (Å²) in [5.74, 6) is -1.60. The van der Waals surface area contributed by atoms with Crippen LogP contribution in [-0.2, 0) is 25.5 Å². The fourth-order valence-electron chi connectivity index (χ4n) is 4.36. The number of β-lactam (4-membered cyclic amide) rings is 1. The van der Waals surface area contributed by atoms with Gasteiger partial charge in [0.2, 0.25) is 11.8 Å². The summed E-state index contributed by atoms with van der Waals surface area (Å²) < 4.78 is 5.22. The second-order valence-electron chi connectivity index (χ2n) is 8.16. The quantitative estimate of drug-likeness (QED) is 0.741. The molecule has 2 fully saturated rings. The van der Waals surface area contributed by atoms with Crippen LogP contribution in [0.15, 0.2) is 18.2 Å². The van der Waals surface area contributed by atoms with Gasteiger partial charge in [-0.3, -0.25) is 9.59 Å². The highest BCUT2D eigenvalue weighted by Gasteiger charge is 2.64. The molecule has 7 nitrogen and oxygen atoms in total. The summed E-state index contributed by atoms with van der Waals surface area (Å²) in [7, 11) is 0. The number of nitrogens with one attached hydrogen (secondary N) is 1. The smallest absolute Gasteiger partial charge is 0.327 e. The lowest BCUT2D eigenvalue weighted by Gasteiger charge is -2.43. The van der Waals surface area contributed by atoms with Crippen molar-refractivity contribution in [1.82, 2.24) is 10.2 Å². The van der Waals surface area contributed by atoms with Gasteiger partial charge in [0.05, 0.1) is 19.1 Å². The van der Waals surface area contributed by atoms with Gasteiger partial charge in [-0.25, -0.2) is 4.79 Å². The second-order valence-corrected chi connectivity index (χ2v) is 9.93. The molecule has 1 aromatic rings. The van der Waals surface area contributed by atoms with Gasteiger partial charge in [-0.05, 0) is 38.3 Å². The van der Waals surface area contributed by atoms with Crippen LogP contribution < -0.4 is 5.32 Å². The topological polar surface area (TPSA) is 95.9 Å².